The van der Waals surface area contributed by atoms with Gasteiger partial charge in [0, 0.05) is 31.6 Å². The Labute approximate surface area is 114 Å². The lowest BCUT2D eigenvalue weighted by molar-refractivity contribution is -0.385. The van der Waals surface area contributed by atoms with E-state index in [2.05, 4.69) is 0 Å². The highest BCUT2D eigenvalue weighted by Crippen LogP contribution is 2.28. The minimum atomic E-state index is -3.88. The zero-order valence-electron chi connectivity index (χ0n) is 9.34. The molecule has 0 amide bonds. The highest BCUT2D eigenvalue weighted by atomic mass is 35.5. The molecule has 0 spiro atoms. The molecule has 0 fully saturated rings. The molecule has 6 nitrogen and oxygen atoms in total. The summed E-state index contributed by atoms with van der Waals surface area (Å²) < 4.78 is 25.1. The van der Waals surface area contributed by atoms with Crippen molar-refractivity contribution in [2.45, 2.75) is 4.90 Å². The van der Waals surface area contributed by atoms with Crippen molar-refractivity contribution < 1.29 is 13.3 Å². The van der Waals surface area contributed by atoms with E-state index >= 15 is 0 Å². The van der Waals surface area contributed by atoms with Crippen molar-refractivity contribution in [3.63, 3.8) is 0 Å². The van der Waals surface area contributed by atoms with E-state index in [1.807, 2.05) is 0 Å². The van der Waals surface area contributed by atoms with Crippen LogP contribution < -0.4 is 0 Å². The van der Waals surface area contributed by atoms with Crippen LogP contribution >= 0.6 is 23.2 Å². The summed E-state index contributed by atoms with van der Waals surface area (Å²) in [5.41, 5.74) is -0.336. The third-order valence-electron chi connectivity index (χ3n) is 2.21. The molecule has 9 heteroatoms. The maximum absolute atomic E-state index is 12.1. The topological polar surface area (TPSA) is 80.5 Å². The highest BCUT2D eigenvalue weighted by Gasteiger charge is 2.25. The standard InChI is InChI=1S/C9H10Cl2N2O4S/c1-12(5-4-10)18(16,17)9-6-7(13(14)15)2-3-8(9)11/h2-3,6H,4-5H2,1H3. The predicted molar refractivity (Wildman–Crippen MR) is 68.6 cm³/mol. The summed E-state index contributed by atoms with van der Waals surface area (Å²) in [4.78, 5) is 9.64. The lowest BCUT2D eigenvalue weighted by Crippen LogP contribution is -2.29. The summed E-state index contributed by atoms with van der Waals surface area (Å²) in [6.45, 7) is 0.0862. The number of halogens is 2. The summed E-state index contributed by atoms with van der Waals surface area (Å²) in [5.74, 6) is 0.113. The number of hydrogen-bond acceptors (Lipinski definition) is 4. The average molecular weight is 313 g/mol. The van der Waals surface area contributed by atoms with Gasteiger partial charge in [-0.15, -0.1) is 11.6 Å². The van der Waals surface area contributed by atoms with Gasteiger partial charge in [-0.05, 0) is 6.07 Å². The maximum Gasteiger partial charge on any atom is 0.270 e. The maximum atomic E-state index is 12.1. The molecule has 0 saturated carbocycles. The second-order valence-corrected chi connectivity index (χ2v) is 6.19. The predicted octanol–water partition coefficient (Wildman–Crippen LogP) is 2.11. The van der Waals surface area contributed by atoms with Gasteiger partial charge in [-0.3, -0.25) is 10.1 Å². The van der Waals surface area contributed by atoms with E-state index in [1.165, 1.54) is 13.1 Å². The number of rotatable bonds is 5. The Morgan fingerprint density at radius 1 is 1.44 bits per heavy atom. The Bertz CT molecular complexity index is 562. The van der Waals surface area contributed by atoms with E-state index in [1.54, 1.807) is 0 Å². The molecule has 0 N–H and O–H groups in total. The molecule has 0 aromatic heterocycles. The van der Waals surface area contributed by atoms with Gasteiger partial charge in [0.2, 0.25) is 10.0 Å². The normalized spacial score (nSPS) is 11.8. The fourth-order valence-corrected chi connectivity index (χ4v) is 3.23. The molecule has 0 radical (unpaired) electrons. The van der Waals surface area contributed by atoms with Crippen molar-refractivity contribution >= 4 is 38.9 Å². The lowest BCUT2D eigenvalue weighted by atomic mass is 10.3. The minimum absolute atomic E-state index is 0.0676. The van der Waals surface area contributed by atoms with Crippen LogP contribution in [0, 0.1) is 10.1 Å². The highest BCUT2D eigenvalue weighted by molar-refractivity contribution is 7.89. The van der Waals surface area contributed by atoms with Crippen molar-refractivity contribution in [1.82, 2.24) is 4.31 Å². The van der Waals surface area contributed by atoms with Gasteiger partial charge in [-0.1, -0.05) is 11.6 Å². The van der Waals surface area contributed by atoms with Crippen LogP contribution in [-0.2, 0) is 10.0 Å². The van der Waals surface area contributed by atoms with E-state index < -0.39 is 14.9 Å². The number of alkyl halides is 1. The molecule has 0 aliphatic carbocycles. The van der Waals surface area contributed by atoms with E-state index in [0.717, 1.165) is 16.4 Å². The van der Waals surface area contributed by atoms with Gasteiger partial charge in [-0.25, -0.2) is 8.42 Å². The van der Waals surface area contributed by atoms with Gasteiger partial charge in [0.25, 0.3) is 5.69 Å². The van der Waals surface area contributed by atoms with Crippen LogP contribution in [0.15, 0.2) is 23.1 Å². The van der Waals surface area contributed by atoms with Crippen molar-refractivity contribution in [2.24, 2.45) is 0 Å². The molecule has 0 saturated heterocycles. The van der Waals surface area contributed by atoms with Crippen LogP contribution in [-0.4, -0.2) is 37.1 Å². The van der Waals surface area contributed by atoms with Gasteiger partial charge >= 0.3 is 0 Å². The number of non-ortho nitro benzene ring substituents is 1. The smallest absolute Gasteiger partial charge is 0.258 e. The Morgan fingerprint density at radius 2 is 2.06 bits per heavy atom. The number of nitrogens with zero attached hydrogens (tertiary/aromatic N) is 2. The third kappa shape index (κ3) is 3.11. The molecule has 0 atom stereocenters. The zero-order chi connectivity index (χ0) is 13.9. The monoisotopic (exact) mass is 312 g/mol. The van der Waals surface area contributed by atoms with Gasteiger partial charge in [0.05, 0.1) is 9.95 Å². The number of nitro groups is 1. The van der Waals surface area contributed by atoms with Crippen molar-refractivity contribution in [1.29, 1.82) is 0 Å². The summed E-state index contributed by atoms with van der Waals surface area (Å²) in [6.07, 6.45) is 0. The van der Waals surface area contributed by atoms with Gasteiger partial charge < -0.3 is 0 Å². The quantitative estimate of drug-likeness (QED) is 0.474. The Kier molecular flexibility index (Phi) is 4.92. The molecule has 18 heavy (non-hydrogen) atoms. The first-order chi connectivity index (χ1) is 8.30. The summed E-state index contributed by atoms with van der Waals surface area (Å²) in [7, 11) is -2.55. The molecule has 1 rings (SSSR count). The summed E-state index contributed by atoms with van der Waals surface area (Å²) >= 11 is 11.2. The molecule has 100 valence electrons. The molecular formula is C9H10Cl2N2O4S. The first kappa shape index (κ1) is 15.2. The van der Waals surface area contributed by atoms with Gasteiger partial charge in [0.1, 0.15) is 4.90 Å². The summed E-state index contributed by atoms with van der Waals surface area (Å²) in [6, 6.07) is 3.26. The minimum Gasteiger partial charge on any atom is -0.258 e. The molecule has 1 aromatic rings. The summed E-state index contributed by atoms with van der Waals surface area (Å²) in [5, 5.41) is 10.6. The second-order valence-electron chi connectivity index (χ2n) is 3.39. The first-order valence-corrected chi connectivity index (χ1v) is 7.12. The van der Waals surface area contributed by atoms with Gasteiger partial charge in [-0.2, -0.15) is 4.31 Å². The Hall–Kier alpha value is -0.890. The zero-order valence-corrected chi connectivity index (χ0v) is 11.7. The van der Waals surface area contributed by atoms with Crippen molar-refractivity contribution in [3.8, 4) is 0 Å². The lowest BCUT2D eigenvalue weighted by Gasteiger charge is -2.16. The van der Waals surface area contributed by atoms with E-state index in [9.17, 15) is 18.5 Å². The van der Waals surface area contributed by atoms with Crippen LogP contribution in [0.25, 0.3) is 0 Å². The average Bonchev–Trinajstić information content (AvgIpc) is 2.29. The second kappa shape index (κ2) is 5.83. The molecule has 0 unspecified atom stereocenters. The molecule has 0 bridgehead atoms. The molecule has 1 aromatic carbocycles. The number of hydrogen-bond donors (Lipinski definition) is 0. The van der Waals surface area contributed by atoms with Crippen molar-refractivity contribution in [2.75, 3.05) is 19.5 Å². The molecular weight excluding hydrogens is 303 g/mol. The number of nitro benzene ring substituents is 1. The number of benzene rings is 1. The first-order valence-electron chi connectivity index (χ1n) is 4.77. The molecule has 0 heterocycles. The van der Waals surface area contributed by atoms with E-state index in [4.69, 9.17) is 23.2 Å². The number of sulfonamides is 1. The fourth-order valence-electron chi connectivity index (χ4n) is 1.21. The molecule has 0 aliphatic rings. The van der Waals surface area contributed by atoms with E-state index in [0.29, 0.717) is 0 Å². The van der Waals surface area contributed by atoms with Crippen molar-refractivity contribution in [3.05, 3.63) is 33.3 Å². The third-order valence-corrected chi connectivity index (χ3v) is 4.72. The Morgan fingerprint density at radius 3 is 2.56 bits per heavy atom. The fraction of sp³-hybridized carbons (Fsp3) is 0.333. The van der Waals surface area contributed by atoms with Crippen LogP contribution in [0.5, 0.6) is 0 Å². The Balaban J connectivity index is 3.31. The van der Waals surface area contributed by atoms with Crippen LogP contribution in [0.3, 0.4) is 0 Å². The molecule has 0 aliphatic heterocycles. The SMILES string of the molecule is CN(CCCl)S(=O)(=O)c1cc([N+](=O)[O-])ccc1Cl. The van der Waals surface area contributed by atoms with E-state index in [-0.39, 0.29) is 28.0 Å². The van der Waals surface area contributed by atoms with Crippen LogP contribution in [0.2, 0.25) is 5.02 Å². The van der Waals surface area contributed by atoms with Crippen LogP contribution in [0.4, 0.5) is 5.69 Å². The van der Waals surface area contributed by atoms with Crippen LogP contribution in [0.1, 0.15) is 0 Å². The van der Waals surface area contributed by atoms with Gasteiger partial charge in [0.15, 0.2) is 0 Å². The largest absolute Gasteiger partial charge is 0.270 e.